The highest BCUT2D eigenvalue weighted by Crippen LogP contribution is 2.72. The summed E-state index contributed by atoms with van der Waals surface area (Å²) in [4.78, 5) is 18.1. The fourth-order valence-corrected chi connectivity index (χ4v) is 9.08. The minimum Gasteiger partial charge on any atom is -0.497 e. The highest BCUT2D eigenvalue weighted by Gasteiger charge is 2.52. The van der Waals surface area contributed by atoms with Crippen LogP contribution in [0.4, 0.5) is 0 Å². The molecule has 1 heterocycles. The quantitative estimate of drug-likeness (QED) is 0.183. The highest BCUT2D eigenvalue weighted by atomic mass is 31.2. The summed E-state index contributed by atoms with van der Waals surface area (Å²) in [6.45, 7) is 6.84. The van der Waals surface area contributed by atoms with Crippen LogP contribution in [0.5, 0.6) is 5.75 Å². The predicted molar refractivity (Wildman–Crippen MR) is 134 cm³/mol. The maximum absolute atomic E-state index is 14.0. The molecule has 2 aromatic rings. The third-order valence-corrected chi connectivity index (χ3v) is 11.2. The van der Waals surface area contributed by atoms with E-state index in [0.29, 0.717) is 17.0 Å². The zero-order valence-corrected chi connectivity index (χ0v) is 22.7. The van der Waals surface area contributed by atoms with Crippen molar-refractivity contribution in [1.29, 1.82) is 0 Å². The van der Waals surface area contributed by atoms with E-state index in [1.807, 2.05) is 0 Å². The van der Waals surface area contributed by atoms with E-state index in [4.69, 9.17) is 22.8 Å². The van der Waals surface area contributed by atoms with Gasteiger partial charge in [0.2, 0.25) is 0 Å². The van der Waals surface area contributed by atoms with E-state index in [-0.39, 0.29) is 38.6 Å². The molecule has 0 radical (unpaired) electrons. The Morgan fingerprint density at radius 2 is 1.34 bits per heavy atom. The summed E-state index contributed by atoms with van der Waals surface area (Å²) >= 11 is 0. The smallest absolute Gasteiger partial charge is 0.345 e. The van der Waals surface area contributed by atoms with Gasteiger partial charge in [-0.15, -0.1) is 0 Å². The predicted octanol–water partition coefficient (Wildman–Crippen LogP) is 6.31. The first-order valence-electron chi connectivity index (χ1n) is 11.6. The van der Waals surface area contributed by atoms with Gasteiger partial charge in [-0.25, -0.2) is 0 Å². The SMILES string of the molecule is CCOP(=O)(OCC)C(CC(C(=O)c1ccc(OC)cc1)c1ccccn1)P(=O)(OCC)OCC. The topological polar surface area (TPSA) is 110 Å². The molecule has 0 fully saturated rings. The zero-order valence-electron chi connectivity index (χ0n) is 20.9. The van der Waals surface area contributed by atoms with Crippen LogP contribution in [0.25, 0.3) is 0 Å². The number of hydrogen-bond donors (Lipinski definition) is 0. The van der Waals surface area contributed by atoms with Gasteiger partial charge in [-0.05, 0) is 70.5 Å². The van der Waals surface area contributed by atoms with Crippen LogP contribution in [-0.2, 0) is 27.2 Å². The lowest BCUT2D eigenvalue weighted by Crippen LogP contribution is -2.24. The number of hydrogen-bond acceptors (Lipinski definition) is 9. The van der Waals surface area contributed by atoms with E-state index in [2.05, 4.69) is 4.98 Å². The number of rotatable bonds is 16. The molecule has 0 aliphatic heterocycles. The maximum atomic E-state index is 14.0. The largest absolute Gasteiger partial charge is 0.497 e. The second kappa shape index (κ2) is 14.0. The Labute approximate surface area is 207 Å². The van der Waals surface area contributed by atoms with E-state index in [1.54, 1.807) is 76.4 Å². The summed E-state index contributed by atoms with van der Waals surface area (Å²) in [7, 11) is -6.55. The summed E-state index contributed by atoms with van der Waals surface area (Å²) in [5.41, 5.74) is 0.822. The summed E-state index contributed by atoms with van der Waals surface area (Å²) in [6.07, 6.45) is 1.38. The number of ether oxygens (including phenoxy) is 1. The van der Waals surface area contributed by atoms with Crippen molar-refractivity contribution < 1.29 is 36.8 Å². The maximum Gasteiger partial charge on any atom is 0.345 e. The Balaban J connectivity index is 2.64. The van der Waals surface area contributed by atoms with E-state index < -0.39 is 26.5 Å². The third-order valence-electron chi connectivity index (χ3n) is 5.15. The van der Waals surface area contributed by atoms with Crippen molar-refractivity contribution >= 4 is 21.0 Å². The summed E-state index contributed by atoms with van der Waals surface area (Å²) in [5, 5.41) is -1.34. The van der Waals surface area contributed by atoms with Crippen molar-refractivity contribution in [2.75, 3.05) is 33.5 Å². The molecule has 0 aliphatic rings. The highest BCUT2D eigenvalue weighted by molar-refractivity contribution is 7.72. The second-order valence-corrected chi connectivity index (χ2v) is 12.2. The lowest BCUT2D eigenvalue weighted by molar-refractivity contribution is 0.0952. The molecule has 0 N–H and O–H groups in total. The van der Waals surface area contributed by atoms with Crippen molar-refractivity contribution in [3.8, 4) is 5.75 Å². The number of pyridine rings is 1. The van der Waals surface area contributed by atoms with Crippen molar-refractivity contribution in [2.24, 2.45) is 0 Å². The molecule has 0 spiro atoms. The molecule has 0 saturated carbocycles. The molecule has 2 rings (SSSR count). The molecule has 35 heavy (non-hydrogen) atoms. The van der Waals surface area contributed by atoms with Crippen LogP contribution in [-0.4, -0.2) is 49.7 Å². The van der Waals surface area contributed by atoms with Gasteiger partial charge in [0.1, 0.15) is 5.75 Å². The Hall–Kier alpha value is -1.86. The Bertz CT molecular complexity index is 966. The van der Waals surface area contributed by atoms with Crippen molar-refractivity contribution in [1.82, 2.24) is 4.98 Å². The second-order valence-electron chi connectivity index (χ2n) is 7.37. The number of nitrogens with zero attached hydrogens (tertiary/aromatic N) is 1. The van der Waals surface area contributed by atoms with Crippen LogP contribution in [0.2, 0.25) is 0 Å². The first kappa shape index (κ1) is 29.4. The lowest BCUT2D eigenvalue weighted by Gasteiger charge is -2.33. The van der Waals surface area contributed by atoms with Gasteiger partial charge >= 0.3 is 15.2 Å². The average molecular weight is 527 g/mol. The van der Waals surface area contributed by atoms with Crippen molar-refractivity contribution in [2.45, 2.75) is 45.4 Å². The number of aromatic nitrogens is 1. The number of carbonyl (C=O) groups excluding carboxylic acids is 1. The zero-order chi connectivity index (χ0) is 25.9. The van der Waals surface area contributed by atoms with Gasteiger partial charge in [-0.1, -0.05) is 6.07 Å². The molecule has 1 aromatic heterocycles. The fraction of sp³-hybridized carbons (Fsp3) is 0.500. The summed E-state index contributed by atoms with van der Waals surface area (Å²) in [5.74, 6) is -0.614. The minimum atomic E-state index is -4.04. The number of methoxy groups -OCH3 is 1. The average Bonchev–Trinajstić information content (AvgIpc) is 2.85. The van der Waals surface area contributed by atoms with Crippen LogP contribution in [0.1, 0.15) is 56.1 Å². The Kier molecular flexibility index (Phi) is 11.8. The molecule has 11 heteroatoms. The molecule has 1 aromatic carbocycles. The fourth-order valence-electron chi connectivity index (χ4n) is 3.68. The third kappa shape index (κ3) is 7.56. The Morgan fingerprint density at radius 1 is 0.829 bits per heavy atom. The van der Waals surface area contributed by atoms with Crippen LogP contribution in [0.3, 0.4) is 0 Å². The summed E-state index contributed by atoms with van der Waals surface area (Å²) in [6, 6.07) is 11.8. The first-order valence-corrected chi connectivity index (χ1v) is 14.9. The van der Waals surface area contributed by atoms with E-state index in [0.717, 1.165) is 0 Å². The van der Waals surface area contributed by atoms with Gasteiger partial charge in [0, 0.05) is 11.8 Å². The molecule has 9 nitrogen and oxygen atoms in total. The molecule has 194 valence electrons. The van der Waals surface area contributed by atoms with E-state index >= 15 is 0 Å². The number of Topliss-reactive ketones (excluding diaryl/α,β-unsaturated/α-hetero) is 1. The van der Waals surface area contributed by atoms with Crippen molar-refractivity contribution in [3.63, 3.8) is 0 Å². The van der Waals surface area contributed by atoms with E-state index in [9.17, 15) is 13.9 Å². The van der Waals surface area contributed by atoms with Gasteiger partial charge in [0.25, 0.3) is 0 Å². The van der Waals surface area contributed by atoms with Gasteiger partial charge in [-0.3, -0.25) is 18.9 Å². The van der Waals surface area contributed by atoms with Crippen LogP contribution < -0.4 is 4.74 Å². The molecule has 1 unspecified atom stereocenters. The van der Waals surface area contributed by atoms with Gasteiger partial charge < -0.3 is 22.8 Å². The van der Waals surface area contributed by atoms with Crippen LogP contribution >= 0.6 is 15.2 Å². The van der Waals surface area contributed by atoms with Crippen LogP contribution in [0.15, 0.2) is 48.7 Å². The normalized spacial score (nSPS) is 13.1. The molecule has 1 atom stereocenters. The van der Waals surface area contributed by atoms with Crippen LogP contribution in [0, 0.1) is 0 Å². The molecular weight excluding hydrogens is 492 g/mol. The summed E-state index contributed by atoms with van der Waals surface area (Å²) < 4.78 is 55.5. The van der Waals surface area contributed by atoms with Crippen molar-refractivity contribution in [3.05, 3.63) is 59.9 Å². The monoisotopic (exact) mass is 527 g/mol. The number of carbonyl (C=O) groups is 1. The first-order chi connectivity index (χ1) is 16.8. The number of benzene rings is 1. The van der Waals surface area contributed by atoms with Gasteiger partial charge in [-0.2, -0.15) is 0 Å². The standard InChI is InChI=1S/C24H35NO8P2/c1-6-30-34(27,31-7-2)23(35(28,32-8-3)33-9-4)18-21(22-12-10-11-17-25-22)24(26)19-13-15-20(29-5)16-14-19/h10-17,21,23H,6-9,18H2,1-5H3. The molecule has 0 bridgehead atoms. The van der Waals surface area contributed by atoms with Gasteiger partial charge in [0.05, 0.1) is 45.1 Å². The Morgan fingerprint density at radius 3 is 1.74 bits per heavy atom. The molecular formula is C24H35NO8P2. The lowest BCUT2D eigenvalue weighted by atomic mass is 9.91. The van der Waals surface area contributed by atoms with E-state index in [1.165, 1.54) is 7.11 Å². The molecule has 0 aliphatic carbocycles. The minimum absolute atomic E-state index is 0.0483. The molecule has 0 amide bonds. The van der Waals surface area contributed by atoms with Gasteiger partial charge in [0.15, 0.2) is 11.2 Å². The molecule has 0 saturated heterocycles. The number of ketones is 1.